The number of carbonyl (C=O) groups excluding carboxylic acids is 1. The second kappa shape index (κ2) is 5.80. The van der Waals surface area contributed by atoms with Crippen molar-refractivity contribution in [1.82, 2.24) is 5.32 Å². The lowest BCUT2D eigenvalue weighted by molar-refractivity contribution is -0.127. The number of hydrogen-bond donors (Lipinski definition) is 2. The largest absolute Gasteiger partial charge is 0.375 e. The van der Waals surface area contributed by atoms with Crippen LogP contribution in [0, 0.1) is 0 Å². The lowest BCUT2D eigenvalue weighted by Gasteiger charge is -2.41. The Morgan fingerprint density at radius 2 is 2.05 bits per heavy atom. The monoisotopic (exact) mass is 268 g/mol. The maximum Gasteiger partial charge on any atom is 0.222 e. The second-order valence-electron chi connectivity index (χ2n) is 6.39. The smallest absolute Gasteiger partial charge is 0.222 e. The molecule has 4 nitrogen and oxygen atoms in total. The summed E-state index contributed by atoms with van der Waals surface area (Å²) in [5.41, 5.74) is 5.87. The molecule has 1 atom stereocenters. The predicted molar refractivity (Wildman–Crippen MR) is 75.8 cm³/mol. The maximum atomic E-state index is 12.1. The van der Waals surface area contributed by atoms with Crippen LogP contribution in [0.25, 0.3) is 0 Å². The third-order valence-electron chi connectivity index (χ3n) is 5.01. The molecule has 1 amide bonds. The van der Waals surface area contributed by atoms with Crippen LogP contribution in [0.2, 0.25) is 0 Å². The molecule has 1 unspecified atom stereocenters. The van der Waals surface area contributed by atoms with Gasteiger partial charge in [-0.15, -0.1) is 0 Å². The van der Waals surface area contributed by atoms with Gasteiger partial charge in [0.25, 0.3) is 0 Å². The second-order valence-corrected chi connectivity index (χ2v) is 6.39. The standard InChI is InChI=1S/C15H28N2O2/c1-3-15(4-2)10-12(6-9-19-15)17-13(18)11-14(16)7-5-8-14/h12H,3-11,16H2,1-2H3,(H,17,18). The molecule has 4 heteroatoms. The van der Waals surface area contributed by atoms with Gasteiger partial charge in [-0.3, -0.25) is 4.79 Å². The highest BCUT2D eigenvalue weighted by atomic mass is 16.5. The SMILES string of the molecule is CCC1(CC)CC(NC(=O)CC2(N)CCC2)CCO1. The van der Waals surface area contributed by atoms with E-state index < -0.39 is 0 Å². The zero-order chi connectivity index (χ0) is 13.9. The Morgan fingerprint density at radius 1 is 1.37 bits per heavy atom. The molecule has 1 saturated carbocycles. The summed E-state index contributed by atoms with van der Waals surface area (Å²) in [5.74, 6) is 0.121. The molecule has 2 fully saturated rings. The van der Waals surface area contributed by atoms with Crippen LogP contribution in [0.3, 0.4) is 0 Å². The molecule has 1 aliphatic heterocycles. The fraction of sp³-hybridized carbons (Fsp3) is 0.933. The van der Waals surface area contributed by atoms with E-state index in [-0.39, 0.29) is 23.1 Å². The van der Waals surface area contributed by atoms with Crippen molar-refractivity contribution in [3.63, 3.8) is 0 Å². The summed E-state index contributed by atoms with van der Waals surface area (Å²) in [6.45, 7) is 5.08. The quantitative estimate of drug-likeness (QED) is 0.802. The van der Waals surface area contributed by atoms with Gasteiger partial charge >= 0.3 is 0 Å². The first-order chi connectivity index (χ1) is 9.01. The van der Waals surface area contributed by atoms with E-state index in [4.69, 9.17) is 10.5 Å². The van der Waals surface area contributed by atoms with E-state index in [1.54, 1.807) is 0 Å². The van der Waals surface area contributed by atoms with Crippen LogP contribution < -0.4 is 11.1 Å². The van der Waals surface area contributed by atoms with Crippen LogP contribution in [0.1, 0.15) is 65.2 Å². The Labute approximate surface area is 116 Å². The number of hydrogen-bond acceptors (Lipinski definition) is 3. The summed E-state index contributed by atoms with van der Waals surface area (Å²) in [4.78, 5) is 12.1. The Hall–Kier alpha value is -0.610. The Bertz CT molecular complexity index is 322. The molecule has 1 saturated heterocycles. The summed E-state index contributed by atoms with van der Waals surface area (Å²) in [5, 5.41) is 3.17. The van der Waals surface area contributed by atoms with E-state index in [0.717, 1.165) is 51.6 Å². The molecule has 110 valence electrons. The molecule has 0 radical (unpaired) electrons. The zero-order valence-electron chi connectivity index (χ0n) is 12.3. The third-order valence-corrected chi connectivity index (χ3v) is 5.01. The average Bonchev–Trinajstić information content (AvgIpc) is 2.37. The van der Waals surface area contributed by atoms with Crippen LogP contribution >= 0.6 is 0 Å². The van der Waals surface area contributed by atoms with Crippen molar-refractivity contribution in [2.75, 3.05) is 6.61 Å². The summed E-state index contributed by atoms with van der Waals surface area (Å²) >= 11 is 0. The van der Waals surface area contributed by atoms with Crippen molar-refractivity contribution in [2.24, 2.45) is 5.73 Å². The molecule has 0 bridgehead atoms. The van der Waals surface area contributed by atoms with Gasteiger partial charge in [0.2, 0.25) is 5.91 Å². The number of nitrogens with two attached hydrogens (primary N) is 1. The van der Waals surface area contributed by atoms with Gasteiger partial charge in [-0.25, -0.2) is 0 Å². The van der Waals surface area contributed by atoms with Crippen molar-refractivity contribution >= 4 is 5.91 Å². The first kappa shape index (κ1) is 14.8. The van der Waals surface area contributed by atoms with Gasteiger partial charge in [-0.1, -0.05) is 13.8 Å². The molecule has 2 rings (SSSR count). The minimum atomic E-state index is -0.220. The number of nitrogens with one attached hydrogen (secondary N) is 1. The highest BCUT2D eigenvalue weighted by Crippen LogP contribution is 2.33. The first-order valence-corrected chi connectivity index (χ1v) is 7.73. The Kier molecular flexibility index (Phi) is 4.51. The Morgan fingerprint density at radius 3 is 2.58 bits per heavy atom. The molecule has 3 N–H and O–H groups in total. The molecule has 1 heterocycles. The highest BCUT2D eigenvalue weighted by molar-refractivity contribution is 5.77. The summed E-state index contributed by atoms with van der Waals surface area (Å²) in [6.07, 6.45) is 7.50. The fourth-order valence-electron chi connectivity index (χ4n) is 3.30. The van der Waals surface area contributed by atoms with Gasteiger partial charge in [-0.05, 0) is 44.9 Å². The van der Waals surface area contributed by atoms with Gasteiger partial charge in [0.1, 0.15) is 0 Å². The van der Waals surface area contributed by atoms with Gasteiger partial charge in [-0.2, -0.15) is 0 Å². The minimum Gasteiger partial charge on any atom is -0.375 e. The maximum absolute atomic E-state index is 12.1. The molecule has 19 heavy (non-hydrogen) atoms. The Balaban J connectivity index is 1.83. The predicted octanol–water partition coefficient (Wildman–Crippen LogP) is 2.11. The van der Waals surface area contributed by atoms with E-state index in [9.17, 15) is 4.79 Å². The lowest BCUT2D eigenvalue weighted by atomic mass is 9.75. The molecule has 0 aromatic rings. The molecule has 1 aliphatic carbocycles. The van der Waals surface area contributed by atoms with E-state index in [2.05, 4.69) is 19.2 Å². The van der Waals surface area contributed by atoms with Crippen molar-refractivity contribution in [3.05, 3.63) is 0 Å². The summed E-state index contributed by atoms with van der Waals surface area (Å²) in [7, 11) is 0. The van der Waals surface area contributed by atoms with Crippen LogP contribution in [0.5, 0.6) is 0 Å². The summed E-state index contributed by atoms with van der Waals surface area (Å²) in [6, 6.07) is 0.254. The van der Waals surface area contributed by atoms with Crippen LogP contribution in [0.4, 0.5) is 0 Å². The average molecular weight is 268 g/mol. The molecule has 0 spiro atoms. The van der Waals surface area contributed by atoms with Gasteiger partial charge < -0.3 is 15.8 Å². The van der Waals surface area contributed by atoms with Gasteiger partial charge in [0, 0.05) is 24.6 Å². The first-order valence-electron chi connectivity index (χ1n) is 7.73. The van der Waals surface area contributed by atoms with Crippen molar-refractivity contribution < 1.29 is 9.53 Å². The van der Waals surface area contributed by atoms with Crippen molar-refractivity contribution in [2.45, 2.75) is 82.4 Å². The van der Waals surface area contributed by atoms with Crippen molar-refractivity contribution in [1.29, 1.82) is 0 Å². The van der Waals surface area contributed by atoms with E-state index in [1.165, 1.54) is 0 Å². The number of ether oxygens (including phenoxy) is 1. The lowest BCUT2D eigenvalue weighted by Crippen LogP contribution is -2.53. The molecular weight excluding hydrogens is 240 g/mol. The van der Waals surface area contributed by atoms with E-state index in [0.29, 0.717) is 6.42 Å². The number of rotatable bonds is 5. The fourth-order valence-corrected chi connectivity index (χ4v) is 3.30. The highest BCUT2D eigenvalue weighted by Gasteiger charge is 2.37. The van der Waals surface area contributed by atoms with Crippen LogP contribution in [0.15, 0.2) is 0 Å². The topological polar surface area (TPSA) is 64.4 Å². The third kappa shape index (κ3) is 3.48. The molecular formula is C15H28N2O2. The van der Waals surface area contributed by atoms with E-state index in [1.807, 2.05) is 0 Å². The normalized spacial score (nSPS) is 28.5. The van der Waals surface area contributed by atoms with Crippen molar-refractivity contribution in [3.8, 4) is 0 Å². The van der Waals surface area contributed by atoms with Crippen LogP contribution in [-0.2, 0) is 9.53 Å². The molecule has 2 aliphatic rings. The molecule has 0 aromatic heterocycles. The number of carbonyl (C=O) groups is 1. The molecule has 0 aromatic carbocycles. The summed E-state index contributed by atoms with van der Waals surface area (Å²) < 4.78 is 5.93. The minimum absolute atomic E-state index is 0.0347. The van der Waals surface area contributed by atoms with Crippen LogP contribution in [-0.4, -0.2) is 29.7 Å². The van der Waals surface area contributed by atoms with Gasteiger partial charge in [0.15, 0.2) is 0 Å². The van der Waals surface area contributed by atoms with E-state index >= 15 is 0 Å². The number of amides is 1. The zero-order valence-corrected chi connectivity index (χ0v) is 12.3. The van der Waals surface area contributed by atoms with Gasteiger partial charge in [0.05, 0.1) is 5.60 Å².